The SMILES string of the molecule is C[C@]12CCCC[C@@H]1[C@H]2C(=O)N/N=C\c1ccccc1Cl. The van der Waals surface area contributed by atoms with Crippen LogP contribution >= 0.6 is 11.6 Å². The molecule has 3 atom stereocenters. The summed E-state index contributed by atoms with van der Waals surface area (Å²) in [6.07, 6.45) is 6.47. The third kappa shape index (κ3) is 2.35. The van der Waals surface area contributed by atoms with Crippen molar-refractivity contribution in [2.75, 3.05) is 0 Å². The van der Waals surface area contributed by atoms with Crippen LogP contribution in [0.2, 0.25) is 5.02 Å². The van der Waals surface area contributed by atoms with Crippen molar-refractivity contribution < 1.29 is 4.79 Å². The molecule has 1 aromatic carbocycles. The van der Waals surface area contributed by atoms with Crippen molar-refractivity contribution in [1.29, 1.82) is 0 Å². The standard InChI is InChI=1S/C16H19ClN2O/c1-16-9-5-4-7-12(16)14(16)15(20)19-18-10-11-6-2-3-8-13(11)17/h2-3,6,8,10,12,14H,4-5,7,9H2,1H3,(H,19,20)/b18-10-/t12-,14+,16+/m1/s1. The zero-order valence-electron chi connectivity index (χ0n) is 11.6. The molecule has 0 spiro atoms. The van der Waals surface area contributed by atoms with Gasteiger partial charge in [-0.2, -0.15) is 5.10 Å². The first-order chi connectivity index (χ1) is 9.63. The molecule has 0 radical (unpaired) electrons. The lowest BCUT2D eigenvalue weighted by molar-refractivity contribution is -0.123. The summed E-state index contributed by atoms with van der Waals surface area (Å²) in [5.74, 6) is 0.767. The first-order valence-corrected chi connectivity index (χ1v) is 7.58. The molecule has 2 saturated carbocycles. The Labute approximate surface area is 124 Å². The van der Waals surface area contributed by atoms with Gasteiger partial charge < -0.3 is 0 Å². The number of hydrogen-bond donors (Lipinski definition) is 1. The number of carbonyl (C=O) groups excluding carboxylic acids is 1. The van der Waals surface area contributed by atoms with Crippen molar-refractivity contribution in [2.24, 2.45) is 22.4 Å². The third-order valence-electron chi connectivity index (χ3n) is 4.90. The second-order valence-electron chi connectivity index (χ2n) is 6.09. The van der Waals surface area contributed by atoms with Crippen molar-refractivity contribution >= 4 is 23.7 Å². The molecule has 0 aliphatic heterocycles. The number of amides is 1. The van der Waals surface area contributed by atoms with Crippen LogP contribution in [0.25, 0.3) is 0 Å². The van der Waals surface area contributed by atoms with Crippen LogP contribution in [0.5, 0.6) is 0 Å². The Morgan fingerprint density at radius 3 is 2.95 bits per heavy atom. The number of nitrogens with one attached hydrogen (secondary N) is 1. The molecule has 20 heavy (non-hydrogen) atoms. The van der Waals surface area contributed by atoms with E-state index in [1.165, 1.54) is 25.7 Å². The van der Waals surface area contributed by atoms with Crippen LogP contribution in [0.15, 0.2) is 29.4 Å². The molecule has 1 N–H and O–H groups in total. The fraction of sp³-hybridized carbons (Fsp3) is 0.500. The fourth-order valence-electron chi connectivity index (χ4n) is 3.67. The van der Waals surface area contributed by atoms with Gasteiger partial charge in [-0.05, 0) is 30.2 Å². The molecular weight excluding hydrogens is 272 g/mol. The molecule has 0 unspecified atom stereocenters. The van der Waals surface area contributed by atoms with Crippen molar-refractivity contribution in [3.05, 3.63) is 34.9 Å². The normalized spacial score (nSPS) is 31.9. The number of benzene rings is 1. The van der Waals surface area contributed by atoms with Crippen LogP contribution in [0.4, 0.5) is 0 Å². The highest BCUT2D eigenvalue weighted by Gasteiger charge is 2.64. The highest BCUT2D eigenvalue weighted by atomic mass is 35.5. The van der Waals surface area contributed by atoms with Crippen molar-refractivity contribution in [3.63, 3.8) is 0 Å². The molecule has 1 aromatic rings. The van der Waals surface area contributed by atoms with Crippen molar-refractivity contribution in [1.82, 2.24) is 5.43 Å². The van der Waals surface area contributed by atoms with E-state index in [9.17, 15) is 4.79 Å². The quantitative estimate of drug-likeness (QED) is 0.670. The fourth-order valence-corrected chi connectivity index (χ4v) is 3.85. The molecule has 2 aliphatic rings. The molecule has 2 aliphatic carbocycles. The Morgan fingerprint density at radius 1 is 1.45 bits per heavy atom. The van der Waals surface area contributed by atoms with E-state index in [-0.39, 0.29) is 17.2 Å². The van der Waals surface area contributed by atoms with Crippen molar-refractivity contribution in [3.8, 4) is 0 Å². The Morgan fingerprint density at radius 2 is 2.25 bits per heavy atom. The van der Waals surface area contributed by atoms with Crippen LogP contribution in [0.3, 0.4) is 0 Å². The minimum absolute atomic E-state index is 0.0581. The maximum Gasteiger partial charge on any atom is 0.244 e. The summed E-state index contributed by atoms with van der Waals surface area (Å²) in [5.41, 5.74) is 3.71. The van der Waals surface area contributed by atoms with Crippen molar-refractivity contribution in [2.45, 2.75) is 32.6 Å². The lowest BCUT2D eigenvalue weighted by Gasteiger charge is -2.15. The lowest BCUT2D eigenvalue weighted by Crippen LogP contribution is -2.22. The number of hydrogen-bond acceptors (Lipinski definition) is 2. The van der Waals surface area contributed by atoms with Gasteiger partial charge >= 0.3 is 0 Å². The van der Waals surface area contributed by atoms with E-state index in [1.54, 1.807) is 12.3 Å². The molecule has 106 valence electrons. The maximum atomic E-state index is 12.2. The summed E-state index contributed by atoms with van der Waals surface area (Å²) in [4.78, 5) is 12.2. The number of halogens is 1. The van der Waals surface area contributed by atoms with Crippen LogP contribution in [0.1, 0.15) is 38.2 Å². The number of nitrogens with zero attached hydrogens (tertiary/aromatic N) is 1. The molecule has 0 aromatic heterocycles. The van der Waals surface area contributed by atoms with Gasteiger partial charge in [-0.25, -0.2) is 5.43 Å². The zero-order valence-corrected chi connectivity index (χ0v) is 12.4. The summed E-state index contributed by atoms with van der Waals surface area (Å²) in [6.45, 7) is 2.23. The van der Waals surface area contributed by atoms with Gasteiger partial charge in [0.05, 0.1) is 6.21 Å². The Kier molecular flexibility index (Phi) is 3.55. The van der Waals surface area contributed by atoms with Crippen LogP contribution in [-0.4, -0.2) is 12.1 Å². The third-order valence-corrected chi connectivity index (χ3v) is 5.24. The minimum Gasteiger partial charge on any atom is -0.273 e. The second-order valence-corrected chi connectivity index (χ2v) is 6.50. The van der Waals surface area contributed by atoms with E-state index in [0.717, 1.165) is 5.56 Å². The van der Waals surface area contributed by atoms with Gasteiger partial charge in [-0.15, -0.1) is 0 Å². The zero-order chi connectivity index (χ0) is 14.2. The molecule has 3 nitrogen and oxygen atoms in total. The molecular formula is C16H19ClN2O. The summed E-state index contributed by atoms with van der Waals surface area (Å²) < 4.78 is 0. The molecule has 0 saturated heterocycles. The molecule has 0 bridgehead atoms. The minimum atomic E-state index is 0.0581. The van der Waals surface area contributed by atoms with E-state index in [2.05, 4.69) is 17.5 Å². The molecule has 4 heteroatoms. The summed E-state index contributed by atoms with van der Waals surface area (Å²) in [5, 5.41) is 4.68. The summed E-state index contributed by atoms with van der Waals surface area (Å²) >= 11 is 6.03. The first-order valence-electron chi connectivity index (χ1n) is 7.20. The van der Waals surface area contributed by atoms with Gasteiger partial charge in [-0.1, -0.05) is 49.6 Å². The van der Waals surface area contributed by atoms with Gasteiger partial charge in [0.15, 0.2) is 0 Å². The average Bonchev–Trinajstić information content (AvgIpc) is 3.06. The lowest BCUT2D eigenvalue weighted by atomic mass is 9.90. The largest absolute Gasteiger partial charge is 0.273 e. The average molecular weight is 291 g/mol. The van der Waals surface area contributed by atoms with Gasteiger partial charge in [0, 0.05) is 16.5 Å². The molecule has 1 amide bonds. The Bertz CT molecular complexity index is 557. The van der Waals surface area contributed by atoms with Crippen LogP contribution < -0.4 is 5.43 Å². The molecule has 0 heterocycles. The second kappa shape index (κ2) is 5.21. The molecule has 3 rings (SSSR count). The molecule has 2 fully saturated rings. The van der Waals surface area contributed by atoms with Crippen LogP contribution in [-0.2, 0) is 4.79 Å². The van der Waals surface area contributed by atoms with Gasteiger partial charge in [-0.3, -0.25) is 4.79 Å². The van der Waals surface area contributed by atoms with E-state index in [1.807, 2.05) is 18.2 Å². The number of rotatable bonds is 3. The Balaban J connectivity index is 1.60. The topological polar surface area (TPSA) is 41.5 Å². The number of hydrazone groups is 1. The van der Waals surface area contributed by atoms with E-state index < -0.39 is 0 Å². The monoisotopic (exact) mass is 290 g/mol. The number of fused-ring (bicyclic) bond motifs is 1. The van der Waals surface area contributed by atoms with E-state index in [4.69, 9.17) is 11.6 Å². The Hall–Kier alpha value is -1.35. The maximum absolute atomic E-state index is 12.2. The highest BCUT2D eigenvalue weighted by molar-refractivity contribution is 6.33. The highest BCUT2D eigenvalue weighted by Crippen LogP contribution is 2.66. The van der Waals surface area contributed by atoms with Gasteiger partial charge in [0.2, 0.25) is 5.91 Å². The van der Waals surface area contributed by atoms with E-state index in [0.29, 0.717) is 10.9 Å². The number of carbonyl (C=O) groups is 1. The predicted molar refractivity (Wildman–Crippen MR) is 80.7 cm³/mol. The summed E-state index contributed by atoms with van der Waals surface area (Å²) in [6, 6.07) is 7.44. The summed E-state index contributed by atoms with van der Waals surface area (Å²) in [7, 11) is 0. The first kappa shape index (κ1) is 13.6. The van der Waals surface area contributed by atoms with Crippen LogP contribution in [0, 0.1) is 17.3 Å². The smallest absolute Gasteiger partial charge is 0.244 e. The van der Waals surface area contributed by atoms with E-state index >= 15 is 0 Å². The van der Waals surface area contributed by atoms with Gasteiger partial charge in [0.1, 0.15) is 0 Å². The van der Waals surface area contributed by atoms with Gasteiger partial charge in [0.25, 0.3) is 0 Å². The predicted octanol–water partition coefficient (Wildman–Crippen LogP) is 3.62.